The van der Waals surface area contributed by atoms with E-state index in [1.807, 2.05) is 24.3 Å². The van der Waals surface area contributed by atoms with Crippen LogP contribution in [0.5, 0.6) is 0 Å². The van der Waals surface area contributed by atoms with Crippen LogP contribution in [0.25, 0.3) is 10.9 Å². The minimum absolute atomic E-state index is 0.0125. The molecule has 1 aliphatic carbocycles. The van der Waals surface area contributed by atoms with Crippen molar-refractivity contribution in [1.29, 1.82) is 0 Å². The van der Waals surface area contributed by atoms with Crippen LogP contribution in [0.3, 0.4) is 0 Å². The van der Waals surface area contributed by atoms with Gasteiger partial charge in [0.2, 0.25) is 5.91 Å². The molecule has 3 rings (SSSR count). The maximum atomic E-state index is 12.2. The highest BCUT2D eigenvalue weighted by molar-refractivity contribution is 5.82. The van der Waals surface area contributed by atoms with Crippen molar-refractivity contribution in [2.24, 2.45) is 0 Å². The van der Waals surface area contributed by atoms with Crippen molar-refractivity contribution in [3.8, 4) is 0 Å². The first-order valence-electron chi connectivity index (χ1n) is 7.05. The maximum Gasteiger partial charge on any atom is 0.242 e. The van der Waals surface area contributed by atoms with Crippen LogP contribution >= 0.6 is 0 Å². The van der Waals surface area contributed by atoms with Crippen molar-refractivity contribution in [3.05, 3.63) is 30.5 Å². The monoisotopic (exact) mass is 273 g/mol. The SMILES string of the molecule is O=C(Cn1ncc2ccccc21)NC1(CO)CCCC1. The van der Waals surface area contributed by atoms with Crippen LogP contribution in [-0.2, 0) is 11.3 Å². The molecule has 0 radical (unpaired) electrons. The molecule has 2 aromatic rings. The number of para-hydroxylation sites is 1. The number of nitrogens with one attached hydrogen (secondary N) is 1. The van der Waals surface area contributed by atoms with Crippen LogP contribution in [0.1, 0.15) is 25.7 Å². The Hall–Kier alpha value is -1.88. The zero-order valence-corrected chi connectivity index (χ0v) is 11.4. The number of carbonyl (C=O) groups excluding carboxylic acids is 1. The molecule has 1 aromatic carbocycles. The lowest BCUT2D eigenvalue weighted by Crippen LogP contribution is -2.50. The van der Waals surface area contributed by atoms with Crippen LogP contribution in [0, 0.1) is 0 Å². The summed E-state index contributed by atoms with van der Waals surface area (Å²) in [6.07, 6.45) is 5.60. The second-order valence-corrected chi connectivity index (χ2v) is 5.55. The predicted molar refractivity (Wildman–Crippen MR) is 76.2 cm³/mol. The Bertz CT molecular complexity index is 614. The molecule has 20 heavy (non-hydrogen) atoms. The molecule has 0 spiro atoms. The van der Waals surface area contributed by atoms with E-state index in [9.17, 15) is 9.90 Å². The van der Waals surface area contributed by atoms with Gasteiger partial charge in [0.1, 0.15) is 6.54 Å². The molecule has 0 aliphatic heterocycles. The van der Waals surface area contributed by atoms with Crippen LogP contribution in [-0.4, -0.2) is 32.9 Å². The number of carbonyl (C=O) groups is 1. The number of aliphatic hydroxyl groups excluding tert-OH is 1. The molecule has 0 saturated heterocycles. The van der Waals surface area contributed by atoms with Crippen LogP contribution in [0.15, 0.2) is 30.5 Å². The third-order valence-electron chi connectivity index (χ3n) is 4.11. The normalized spacial score (nSPS) is 17.4. The fraction of sp³-hybridized carbons (Fsp3) is 0.467. The molecule has 0 bridgehead atoms. The number of amides is 1. The Kier molecular flexibility index (Phi) is 3.44. The van der Waals surface area contributed by atoms with Crippen LogP contribution in [0.4, 0.5) is 0 Å². The van der Waals surface area contributed by atoms with E-state index in [1.54, 1.807) is 10.9 Å². The summed E-state index contributed by atoms with van der Waals surface area (Å²) in [5.41, 5.74) is 0.534. The van der Waals surface area contributed by atoms with Gasteiger partial charge < -0.3 is 10.4 Å². The van der Waals surface area contributed by atoms with Crippen molar-refractivity contribution >= 4 is 16.8 Å². The largest absolute Gasteiger partial charge is 0.394 e. The van der Waals surface area contributed by atoms with Crippen LogP contribution in [0.2, 0.25) is 0 Å². The predicted octanol–water partition coefficient (Wildman–Crippen LogP) is 1.46. The van der Waals surface area contributed by atoms with E-state index in [2.05, 4.69) is 10.4 Å². The summed E-state index contributed by atoms with van der Waals surface area (Å²) in [5, 5.41) is 17.8. The molecule has 2 N–H and O–H groups in total. The average Bonchev–Trinajstić information content (AvgIpc) is 3.07. The topological polar surface area (TPSA) is 67.2 Å². The van der Waals surface area contributed by atoms with Crippen molar-refractivity contribution in [2.75, 3.05) is 6.61 Å². The molecule has 1 heterocycles. The van der Waals surface area contributed by atoms with Gasteiger partial charge in [-0.3, -0.25) is 9.48 Å². The first-order chi connectivity index (χ1) is 9.72. The van der Waals surface area contributed by atoms with Gasteiger partial charge in [0.25, 0.3) is 0 Å². The minimum atomic E-state index is -0.417. The van der Waals surface area contributed by atoms with Gasteiger partial charge >= 0.3 is 0 Å². The van der Waals surface area contributed by atoms with Gasteiger partial charge in [0, 0.05) is 5.39 Å². The second kappa shape index (κ2) is 5.25. The van der Waals surface area contributed by atoms with Gasteiger partial charge in [-0.1, -0.05) is 31.0 Å². The number of rotatable bonds is 4. The molecular formula is C15H19N3O2. The molecule has 5 nitrogen and oxygen atoms in total. The van der Waals surface area contributed by atoms with E-state index >= 15 is 0 Å². The van der Waals surface area contributed by atoms with Crippen molar-refractivity contribution in [2.45, 2.75) is 37.8 Å². The third kappa shape index (κ3) is 2.41. The molecule has 1 amide bonds. The first-order valence-corrected chi connectivity index (χ1v) is 7.05. The lowest BCUT2D eigenvalue weighted by Gasteiger charge is -2.27. The van der Waals surface area contributed by atoms with E-state index < -0.39 is 5.54 Å². The molecule has 0 unspecified atom stereocenters. The fourth-order valence-corrected chi connectivity index (χ4v) is 3.00. The number of hydrogen-bond acceptors (Lipinski definition) is 3. The van der Waals surface area contributed by atoms with E-state index in [1.165, 1.54) is 0 Å². The number of fused-ring (bicyclic) bond motifs is 1. The van der Waals surface area contributed by atoms with Gasteiger partial charge in [-0.05, 0) is 18.9 Å². The highest BCUT2D eigenvalue weighted by Gasteiger charge is 2.34. The van der Waals surface area contributed by atoms with Crippen molar-refractivity contribution < 1.29 is 9.90 Å². The molecule has 106 valence electrons. The zero-order valence-electron chi connectivity index (χ0n) is 11.4. The Morgan fingerprint density at radius 3 is 2.85 bits per heavy atom. The highest BCUT2D eigenvalue weighted by Crippen LogP contribution is 2.29. The number of aromatic nitrogens is 2. The summed E-state index contributed by atoms with van der Waals surface area (Å²) >= 11 is 0. The Labute approximate surface area is 117 Å². The quantitative estimate of drug-likeness (QED) is 0.886. The highest BCUT2D eigenvalue weighted by atomic mass is 16.3. The molecule has 1 fully saturated rings. The Morgan fingerprint density at radius 1 is 1.35 bits per heavy atom. The average molecular weight is 273 g/mol. The molecule has 5 heteroatoms. The number of benzene rings is 1. The van der Waals surface area contributed by atoms with E-state index in [0.717, 1.165) is 36.6 Å². The van der Waals surface area contributed by atoms with Gasteiger partial charge in [0.15, 0.2) is 0 Å². The van der Waals surface area contributed by atoms with Crippen molar-refractivity contribution in [3.63, 3.8) is 0 Å². The summed E-state index contributed by atoms with van der Waals surface area (Å²) in [6, 6.07) is 7.81. The standard InChI is InChI=1S/C15H19N3O2/c19-11-15(7-3-4-8-15)17-14(20)10-18-13-6-2-1-5-12(13)9-16-18/h1-2,5-6,9,19H,3-4,7-8,10-11H2,(H,17,20). The third-order valence-corrected chi connectivity index (χ3v) is 4.11. The first kappa shape index (κ1) is 13.1. The summed E-state index contributed by atoms with van der Waals surface area (Å²) in [4.78, 5) is 12.2. The minimum Gasteiger partial charge on any atom is -0.394 e. The van der Waals surface area contributed by atoms with Gasteiger partial charge in [-0.15, -0.1) is 0 Å². The van der Waals surface area contributed by atoms with Gasteiger partial charge in [-0.2, -0.15) is 5.10 Å². The van der Waals surface area contributed by atoms with Gasteiger partial charge in [-0.25, -0.2) is 0 Å². The fourth-order valence-electron chi connectivity index (χ4n) is 3.00. The molecule has 1 aliphatic rings. The van der Waals surface area contributed by atoms with E-state index in [4.69, 9.17) is 0 Å². The smallest absolute Gasteiger partial charge is 0.242 e. The lowest BCUT2D eigenvalue weighted by atomic mass is 9.99. The molecule has 1 aromatic heterocycles. The lowest BCUT2D eigenvalue weighted by molar-refractivity contribution is -0.124. The van der Waals surface area contributed by atoms with E-state index in [0.29, 0.717) is 0 Å². The summed E-state index contributed by atoms with van der Waals surface area (Å²) < 4.78 is 1.70. The summed E-state index contributed by atoms with van der Waals surface area (Å²) in [7, 11) is 0. The Morgan fingerprint density at radius 2 is 2.10 bits per heavy atom. The number of aliphatic hydroxyl groups is 1. The van der Waals surface area contributed by atoms with Gasteiger partial charge in [0.05, 0.1) is 23.9 Å². The van der Waals surface area contributed by atoms with Crippen molar-refractivity contribution in [1.82, 2.24) is 15.1 Å². The molecule has 0 atom stereocenters. The summed E-state index contributed by atoms with van der Waals surface area (Å²) in [6.45, 7) is 0.202. The zero-order chi connectivity index (χ0) is 14.0. The number of hydrogen-bond donors (Lipinski definition) is 2. The van der Waals surface area contributed by atoms with Crippen LogP contribution < -0.4 is 5.32 Å². The molecule has 1 saturated carbocycles. The maximum absolute atomic E-state index is 12.2. The second-order valence-electron chi connectivity index (χ2n) is 5.55. The van der Waals surface area contributed by atoms with E-state index in [-0.39, 0.29) is 19.1 Å². The molecular weight excluding hydrogens is 254 g/mol. The summed E-state index contributed by atoms with van der Waals surface area (Å²) in [5.74, 6) is -0.0881. The number of nitrogens with zero attached hydrogens (tertiary/aromatic N) is 2. The Balaban J connectivity index is 1.73.